The highest BCUT2D eigenvalue weighted by Crippen LogP contribution is 2.37. The van der Waals surface area contributed by atoms with Crippen molar-refractivity contribution in [1.29, 1.82) is 0 Å². The number of hydrogen-bond acceptors (Lipinski definition) is 6. The monoisotopic (exact) mass is 522 g/mol. The van der Waals surface area contributed by atoms with Crippen LogP contribution in [0.5, 0.6) is 0 Å². The molecule has 2 aromatic rings. The average Bonchev–Trinajstić information content (AvgIpc) is 3.24. The fourth-order valence-electron chi connectivity index (χ4n) is 5.91. The number of fused-ring (bicyclic) bond motifs is 1. The number of rotatable bonds is 7. The van der Waals surface area contributed by atoms with Crippen molar-refractivity contribution in [3.63, 3.8) is 0 Å². The minimum Gasteiger partial charge on any atom is -0.462 e. The van der Waals surface area contributed by atoms with Crippen LogP contribution in [0.3, 0.4) is 0 Å². The number of likely N-dealkylation sites (tertiary alicyclic amines) is 1. The topological polar surface area (TPSA) is 103 Å². The summed E-state index contributed by atoms with van der Waals surface area (Å²) >= 11 is 0. The van der Waals surface area contributed by atoms with E-state index in [2.05, 4.69) is 5.32 Å². The smallest absolute Gasteiger partial charge is 0.338 e. The Labute approximate surface area is 223 Å². The van der Waals surface area contributed by atoms with Gasteiger partial charge in [0.1, 0.15) is 5.69 Å². The van der Waals surface area contributed by atoms with Gasteiger partial charge in [0.05, 0.1) is 17.9 Å². The zero-order chi connectivity index (χ0) is 26.5. The van der Waals surface area contributed by atoms with Gasteiger partial charge in [0.25, 0.3) is 11.8 Å². The molecular weight excluding hydrogens is 484 g/mol. The molecule has 9 heteroatoms. The molecule has 2 fully saturated rings. The van der Waals surface area contributed by atoms with Crippen molar-refractivity contribution in [3.8, 4) is 0 Å². The van der Waals surface area contributed by atoms with E-state index in [1.807, 2.05) is 11.8 Å². The molecule has 2 amide bonds. The maximum atomic E-state index is 13.0. The zero-order valence-corrected chi connectivity index (χ0v) is 22.3. The molecule has 0 radical (unpaired) electrons. The normalized spacial score (nSPS) is 19.0. The number of nitrogens with one attached hydrogen (secondary N) is 1. The Bertz CT molecular complexity index is 1180. The molecule has 0 atom stereocenters. The predicted molar refractivity (Wildman–Crippen MR) is 141 cm³/mol. The number of hydrogen-bond donors (Lipinski definition) is 1. The molecule has 9 nitrogen and oxygen atoms in total. The molecule has 3 aliphatic heterocycles. The first-order valence-corrected chi connectivity index (χ1v) is 14.0. The van der Waals surface area contributed by atoms with E-state index in [4.69, 9.17) is 14.6 Å². The van der Waals surface area contributed by atoms with E-state index in [9.17, 15) is 14.4 Å². The maximum absolute atomic E-state index is 13.0. The van der Waals surface area contributed by atoms with Crippen molar-refractivity contribution in [2.45, 2.75) is 64.8 Å². The van der Waals surface area contributed by atoms with Gasteiger partial charge in [-0.05, 0) is 81.9 Å². The van der Waals surface area contributed by atoms with Crippen LogP contribution in [0.2, 0.25) is 0 Å². The van der Waals surface area contributed by atoms with Crippen LogP contribution < -0.4 is 5.32 Å². The number of carbonyl (C=O) groups is 3. The Kier molecular flexibility index (Phi) is 8.12. The van der Waals surface area contributed by atoms with Crippen molar-refractivity contribution in [1.82, 2.24) is 20.0 Å². The highest BCUT2D eigenvalue weighted by Gasteiger charge is 2.39. The van der Waals surface area contributed by atoms with Crippen LogP contribution in [0, 0.1) is 5.41 Å². The van der Waals surface area contributed by atoms with Gasteiger partial charge in [-0.3, -0.25) is 14.3 Å². The minimum atomic E-state index is -0.434. The highest BCUT2D eigenvalue weighted by atomic mass is 16.5. The highest BCUT2D eigenvalue weighted by molar-refractivity contribution is 5.98. The molecular formula is C29H38N4O5. The number of amides is 2. The zero-order valence-electron chi connectivity index (χ0n) is 22.3. The van der Waals surface area contributed by atoms with Gasteiger partial charge in [0.15, 0.2) is 0 Å². The number of esters is 1. The molecule has 0 aliphatic carbocycles. The van der Waals surface area contributed by atoms with E-state index < -0.39 is 5.97 Å². The molecule has 0 saturated carbocycles. The predicted octanol–water partition coefficient (Wildman–Crippen LogP) is 3.40. The fraction of sp³-hybridized carbons (Fsp3) is 0.586. The molecule has 1 spiro atoms. The summed E-state index contributed by atoms with van der Waals surface area (Å²) in [4.78, 5) is 40.4. The number of piperidine rings is 1. The van der Waals surface area contributed by atoms with Gasteiger partial charge in [-0.25, -0.2) is 4.79 Å². The third-order valence-corrected chi connectivity index (χ3v) is 8.16. The quantitative estimate of drug-likeness (QED) is 0.442. The lowest BCUT2D eigenvalue weighted by Crippen LogP contribution is -2.40. The Hall–Kier alpha value is -3.20. The van der Waals surface area contributed by atoms with E-state index in [0.29, 0.717) is 56.0 Å². The molecule has 3 aliphatic rings. The Morgan fingerprint density at radius 2 is 1.89 bits per heavy atom. The third kappa shape index (κ3) is 5.62. The van der Waals surface area contributed by atoms with Gasteiger partial charge in [-0.1, -0.05) is 6.07 Å². The lowest BCUT2D eigenvalue weighted by molar-refractivity contribution is 0.0160. The summed E-state index contributed by atoms with van der Waals surface area (Å²) in [6.45, 7) is 6.46. The van der Waals surface area contributed by atoms with Crippen molar-refractivity contribution in [2.75, 3.05) is 39.5 Å². The lowest BCUT2D eigenvalue weighted by Gasteiger charge is -2.36. The minimum absolute atomic E-state index is 0.00136. The SMILES string of the molecule is CCn1nc(CCCOC(=O)c2cccc(C(=O)N3CCCCC3)c2)c2c1C(=O)NCC1(CCOCC1)C2. The number of ether oxygens (including phenoxy) is 2. The fourth-order valence-corrected chi connectivity index (χ4v) is 5.91. The Morgan fingerprint density at radius 3 is 2.66 bits per heavy atom. The number of aryl methyl sites for hydroxylation is 2. The first-order valence-electron chi connectivity index (χ1n) is 14.0. The summed E-state index contributed by atoms with van der Waals surface area (Å²) in [5, 5.41) is 7.90. The van der Waals surface area contributed by atoms with Gasteiger partial charge >= 0.3 is 5.97 Å². The summed E-state index contributed by atoms with van der Waals surface area (Å²) in [6, 6.07) is 6.81. The number of carbonyl (C=O) groups excluding carboxylic acids is 3. The van der Waals surface area contributed by atoms with Crippen LogP contribution in [-0.4, -0.2) is 71.9 Å². The molecule has 4 heterocycles. The molecule has 0 unspecified atom stereocenters. The Balaban J connectivity index is 1.21. The van der Waals surface area contributed by atoms with E-state index in [1.165, 1.54) is 0 Å². The molecule has 5 rings (SSSR count). The summed E-state index contributed by atoms with van der Waals surface area (Å²) in [6.07, 6.45) is 7.05. The van der Waals surface area contributed by atoms with Crippen LogP contribution in [0.25, 0.3) is 0 Å². The number of benzene rings is 1. The third-order valence-electron chi connectivity index (χ3n) is 8.16. The molecule has 204 valence electrons. The van der Waals surface area contributed by atoms with Crippen molar-refractivity contribution in [2.24, 2.45) is 5.41 Å². The second kappa shape index (κ2) is 11.7. The first-order chi connectivity index (χ1) is 18.5. The van der Waals surface area contributed by atoms with Gasteiger partial charge in [-0.2, -0.15) is 5.10 Å². The van der Waals surface area contributed by atoms with E-state index in [0.717, 1.165) is 62.9 Å². The van der Waals surface area contributed by atoms with Gasteiger partial charge in [0, 0.05) is 50.5 Å². The largest absolute Gasteiger partial charge is 0.462 e. The summed E-state index contributed by atoms with van der Waals surface area (Å²) < 4.78 is 13.0. The number of aromatic nitrogens is 2. The molecule has 0 bridgehead atoms. The van der Waals surface area contributed by atoms with Crippen LogP contribution in [0.1, 0.15) is 87.9 Å². The van der Waals surface area contributed by atoms with Crippen LogP contribution in [-0.2, 0) is 28.9 Å². The van der Waals surface area contributed by atoms with Crippen molar-refractivity contribution in [3.05, 3.63) is 52.3 Å². The first kappa shape index (κ1) is 26.4. The number of nitrogens with zero attached hydrogens (tertiary/aromatic N) is 3. The average molecular weight is 523 g/mol. The maximum Gasteiger partial charge on any atom is 0.338 e. The summed E-state index contributed by atoms with van der Waals surface area (Å²) in [7, 11) is 0. The summed E-state index contributed by atoms with van der Waals surface area (Å²) in [5.74, 6) is -0.524. The molecule has 1 N–H and O–H groups in total. The second-order valence-corrected chi connectivity index (χ2v) is 10.7. The molecule has 1 aromatic carbocycles. The standard InChI is InChI=1S/C29H38N4O5/c1-2-33-25-23(19-29(20-30-26(25)34)11-16-37-17-12-29)24(31-33)10-7-15-38-28(36)22-9-6-8-21(18-22)27(35)32-13-4-3-5-14-32/h6,8-9,18H,2-5,7,10-17,19-20H2,1H3,(H,30,34). The second-order valence-electron chi connectivity index (χ2n) is 10.7. The van der Waals surface area contributed by atoms with E-state index >= 15 is 0 Å². The molecule has 1 aromatic heterocycles. The van der Waals surface area contributed by atoms with Gasteiger partial charge in [0.2, 0.25) is 0 Å². The van der Waals surface area contributed by atoms with Crippen LogP contribution in [0.15, 0.2) is 24.3 Å². The van der Waals surface area contributed by atoms with Crippen LogP contribution >= 0.6 is 0 Å². The van der Waals surface area contributed by atoms with Crippen molar-refractivity contribution < 1.29 is 23.9 Å². The van der Waals surface area contributed by atoms with E-state index in [-0.39, 0.29) is 23.8 Å². The van der Waals surface area contributed by atoms with Gasteiger partial charge in [-0.15, -0.1) is 0 Å². The van der Waals surface area contributed by atoms with Crippen LogP contribution in [0.4, 0.5) is 0 Å². The Morgan fingerprint density at radius 1 is 1.13 bits per heavy atom. The summed E-state index contributed by atoms with van der Waals surface area (Å²) in [5.41, 5.74) is 3.51. The van der Waals surface area contributed by atoms with Crippen molar-refractivity contribution >= 4 is 17.8 Å². The molecule has 2 saturated heterocycles. The van der Waals surface area contributed by atoms with E-state index in [1.54, 1.807) is 28.9 Å². The lowest BCUT2D eigenvalue weighted by atomic mass is 9.75. The van der Waals surface area contributed by atoms with Gasteiger partial charge < -0.3 is 19.7 Å². The molecule has 38 heavy (non-hydrogen) atoms.